The number of nitrogens with one attached hydrogen (secondary N) is 4. The van der Waals surface area contributed by atoms with E-state index in [4.69, 9.17) is 9.47 Å². The number of para-hydroxylation sites is 4. The molecule has 15 heteroatoms. The summed E-state index contributed by atoms with van der Waals surface area (Å²) in [4.78, 5) is 53.9. The molecule has 6 rings (SSSR count). The Hall–Kier alpha value is -7.65. The maximum atomic E-state index is 13.8. The average molecular weight is 785 g/mol. The van der Waals surface area contributed by atoms with Gasteiger partial charge in [0.05, 0.1) is 45.9 Å². The van der Waals surface area contributed by atoms with Gasteiger partial charge in [0.25, 0.3) is 0 Å². The Morgan fingerprint density at radius 3 is 1.04 bits per heavy atom. The molecule has 57 heavy (non-hydrogen) atoms. The summed E-state index contributed by atoms with van der Waals surface area (Å²) in [6, 6.07) is 44.6. The van der Waals surface area contributed by atoms with Crippen molar-refractivity contribution >= 4 is 56.8 Å². The minimum absolute atomic E-state index is 0.0381. The average Bonchev–Trinajstić information content (AvgIpc) is 3.23. The Bertz CT molecular complexity index is 2220. The van der Waals surface area contributed by atoms with Crippen molar-refractivity contribution in [3.8, 4) is 11.5 Å². The van der Waals surface area contributed by atoms with E-state index in [-0.39, 0.29) is 23.1 Å². The Morgan fingerprint density at radius 1 is 0.404 bits per heavy atom. The molecule has 0 fully saturated rings. The molecule has 288 valence electrons. The van der Waals surface area contributed by atoms with Crippen molar-refractivity contribution in [2.45, 2.75) is 9.79 Å². The molecule has 0 unspecified atom stereocenters. The van der Waals surface area contributed by atoms with Crippen LogP contribution in [0, 0.1) is 0 Å². The second-order valence-corrected chi connectivity index (χ2v) is 13.9. The summed E-state index contributed by atoms with van der Waals surface area (Å²) < 4.78 is 37.9. The summed E-state index contributed by atoms with van der Waals surface area (Å²) >= 11 is 0. The number of hydrogen-bond donors (Lipinski definition) is 4. The predicted octanol–water partition coefficient (Wildman–Crippen LogP) is 7.71. The van der Waals surface area contributed by atoms with Crippen LogP contribution in [-0.2, 0) is 9.84 Å². The molecule has 0 aliphatic carbocycles. The van der Waals surface area contributed by atoms with Crippen molar-refractivity contribution in [1.29, 1.82) is 0 Å². The van der Waals surface area contributed by atoms with Crippen LogP contribution >= 0.6 is 0 Å². The molecule has 6 amide bonds. The lowest BCUT2D eigenvalue weighted by molar-refractivity contribution is 0.198. The molecule has 6 aromatic carbocycles. The van der Waals surface area contributed by atoms with Gasteiger partial charge in [-0.25, -0.2) is 27.6 Å². The number of ether oxygens (including phenoxy) is 2. The Labute approximate surface area is 328 Å². The van der Waals surface area contributed by atoms with Gasteiger partial charge in [0.1, 0.15) is 11.5 Å². The number of hydrogen-bond acceptors (Lipinski definition) is 8. The Kier molecular flexibility index (Phi) is 12.7. The molecule has 14 nitrogen and oxygen atoms in total. The number of amides is 6. The van der Waals surface area contributed by atoms with Crippen LogP contribution in [-0.4, -0.2) is 46.0 Å². The Morgan fingerprint density at radius 2 is 0.702 bits per heavy atom. The topological polar surface area (TPSA) is 175 Å². The van der Waals surface area contributed by atoms with Crippen LogP contribution in [0.5, 0.6) is 11.5 Å². The fourth-order valence-electron chi connectivity index (χ4n) is 5.41. The van der Waals surface area contributed by atoms with Crippen LogP contribution in [0.2, 0.25) is 0 Å². The van der Waals surface area contributed by atoms with E-state index in [2.05, 4.69) is 21.3 Å². The molecular weight excluding hydrogens is 749 g/mol. The largest absolute Gasteiger partial charge is 0.413 e. The fraction of sp³-hybridized carbons (Fsp3) is 0.0476. The van der Waals surface area contributed by atoms with Gasteiger partial charge in [-0.3, -0.25) is 9.80 Å². The second-order valence-electron chi connectivity index (χ2n) is 11.9. The maximum Gasteiger partial charge on any atom is 0.413 e. The fourth-order valence-corrected chi connectivity index (χ4v) is 6.67. The lowest BCUT2D eigenvalue weighted by atomic mass is 10.2. The molecule has 0 atom stereocenters. The van der Waals surface area contributed by atoms with E-state index in [1.807, 2.05) is 0 Å². The van der Waals surface area contributed by atoms with Gasteiger partial charge in [0, 0.05) is 0 Å². The normalized spacial score (nSPS) is 10.7. The van der Waals surface area contributed by atoms with E-state index in [1.165, 1.54) is 58.3 Å². The first-order valence-corrected chi connectivity index (χ1v) is 18.9. The lowest BCUT2D eigenvalue weighted by Crippen LogP contribution is -2.44. The van der Waals surface area contributed by atoms with Crippen molar-refractivity contribution in [2.24, 2.45) is 0 Å². The summed E-state index contributed by atoms with van der Waals surface area (Å²) in [5.74, 6) is 0.675. The van der Waals surface area contributed by atoms with Crippen LogP contribution < -0.4 is 40.5 Å². The predicted molar refractivity (Wildman–Crippen MR) is 213 cm³/mol. The van der Waals surface area contributed by atoms with E-state index in [9.17, 15) is 27.6 Å². The quantitative estimate of drug-likeness (QED) is 0.0913. The molecule has 0 saturated heterocycles. The third-order valence-electron chi connectivity index (χ3n) is 8.10. The van der Waals surface area contributed by atoms with Crippen LogP contribution in [0.15, 0.2) is 180 Å². The summed E-state index contributed by atoms with van der Waals surface area (Å²) in [5.41, 5.74) is 1.69. The number of urea groups is 2. The third kappa shape index (κ3) is 10.3. The summed E-state index contributed by atoms with van der Waals surface area (Å²) in [7, 11) is -4.05. The van der Waals surface area contributed by atoms with Crippen molar-refractivity contribution in [2.75, 3.05) is 23.1 Å². The van der Waals surface area contributed by atoms with Crippen molar-refractivity contribution in [3.63, 3.8) is 0 Å². The number of carbonyl (C=O) groups is 4. The number of benzene rings is 6. The van der Waals surface area contributed by atoms with E-state index in [0.29, 0.717) is 34.2 Å². The molecule has 0 heterocycles. The van der Waals surface area contributed by atoms with Gasteiger partial charge in [-0.1, -0.05) is 72.8 Å². The zero-order chi connectivity index (χ0) is 40.0. The van der Waals surface area contributed by atoms with Gasteiger partial charge in [-0.15, -0.1) is 0 Å². The van der Waals surface area contributed by atoms with Crippen LogP contribution in [0.25, 0.3) is 0 Å². The number of sulfone groups is 1. The number of nitrogens with zero attached hydrogens (tertiary/aromatic N) is 2. The zero-order valence-electron chi connectivity index (χ0n) is 30.1. The first kappa shape index (κ1) is 39.1. The summed E-state index contributed by atoms with van der Waals surface area (Å²) in [6.07, 6.45) is -1.52. The van der Waals surface area contributed by atoms with Crippen molar-refractivity contribution < 1.29 is 37.1 Å². The first-order valence-electron chi connectivity index (χ1n) is 17.4. The molecule has 0 aliphatic heterocycles. The van der Waals surface area contributed by atoms with E-state index < -0.39 is 34.1 Å². The van der Waals surface area contributed by atoms with Gasteiger partial charge in [-0.2, -0.15) is 0 Å². The Balaban J connectivity index is 1.13. The molecular formula is C42H36N6O8S. The van der Waals surface area contributed by atoms with E-state index in [1.54, 1.807) is 121 Å². The maximum absolute atomic E-state index is 13.8. The van der Waals surface area contributed by atoms with Gasteiger partial charge >= 0.3 is 24.2 Å². The minimum Gasteiger partial charge on any atom is -0.410 e. The molecule has 6 aromatic rings. The lowest BCUT2D eigenvalue weighted by Gasteiger charge is -2.24. The second kappa shape index (κ2) is 18.6. The highest BCUT2D eigenvalue weighted by atomic mass is 32.2. The van der Waals surface area contributed by atoms with Crippen LogP contribution in [0.4, 0.5) is 41.9 Å². The minimum atomic E-state index is -4.05. The monoisotopic (exact) mass is 784 g/mol. The smallest absolute Gasteiger partial charge is 0.410 e. The van der Waals surface area contributed by atoms with E-state index in [0.717, 1.165) is 0 Å². The molecule has 0 aliphatic rings. The first-order chi connectivity index (χ1) is 27.7. The van der Waals surface area contributed by atoms with Gasteiger partial charge in [0.15, 0.2) is 0 Å². The molecule has 4 N–H and O–H groups in total. The highest BCUT2D eigenvalue weighted by molar-refractivity contribution is 7.91. The SMILES string of the molecule is O=C(NCNC(=O)N(c1ccccc1)c1ccc(S(=O)(=O)c2ccc(N(C(=O)NCNC(=O)Oc3ccccc3)c3ccccc3)cc2)cc1)Oc1ccccc1. The molecule has 0 bridgehead atoms. The summed E-state index contributed by atoms with van der Waals surface area (Å²) in [6.45, 7) is -0.500. The van der Waals surface area contributed by atoms with Gasteiger partial charge in [0.2, 0.25) is 9.84 Å². The van der Waals surface area contributed by atoms with Gasteiger partial charge < -0.3 is 30.7 Å². The van der Waals surface area contributed by atoms with Gasteiger partial charge in [-0.05, 0) is 97.1 Å². The zero-order valence-corrected chi connectivity index (χ0v) is 31.0. The van der Waals surface area contributed by atoms with E-state index >= 15 is 0 Å². The third-order valence-corrected chi connectivity index (χ3v) is 9.88. The number of carbonyl (C=O) groups excluding carboxylic acids is 4. The molecule has 0 saturated carbocycles. The number of rotatable bonds is 12. The standard InChI is InChI=1S/C42H36N6O8S/c49-39(43-29-45-41(51)55-35-17-9-3-10-18-35)47(31-13-5-1-6-14-31)33-21-25-37(26-22-33)57(53,54)38-27-23-34(24-28-38)48(32-15-7-2-8-16-32)40(50)44-30-46-42(52)56-36-19-11-4-12-20-36/h1-28H,29-30H2,(H,43,49)(H,44,50)(H,45,51)(H,46,52). The number of anilines is 4. The summed E-state index contributed by atoms with van der Waals surface area (Å²) in [5, 5.41) is 10.2. The van der Waals surface area contributed by atoms with Crippen molar-refractivity contribution in [1.82, 2.24) is 21.3 Å². The van der Waals surface area contributed by atoms with Crippen LogP contribution in [0.1, 0.15) is 0 Å². The highest BCUT2D eigenvalue weighted by Gasteiger charge is 2.23. The molecule has 0 aromatic heterocycles. The van der Waals surface area contributed by atoms with Crippen molar-refractivity contribution in [3.05, 3.63) is 170 Å². The highest BCUT2D eigenvalue weighted by Crippen LogP contribution is 2.31. The molecule has 0 radical (unpaired) electrons. The van der Waals surface area contributed by atoms with Crippen LogP contribution in [0.3, 0.4) is 0 Å². The molecule has 0 spiro atoms.